The molecular formula is C14H20FNO2. The monoisotopic (exact) mass is 253 g/mol. The zero-order chi connectivity index (χ0) is 13.9. The summed E-state index contributed by atoms with van der Waals surface area (Å²) < 4.78 is 18.3. The van der Waals surface area contributed by atoms with E-state index in [0.29, 0.717) is 0 Å². The number of halogens is 1. The van der Waals surface area contributed by atoms with E-state index >= 15 is 0 Å². The minimum atomic E-state index is -0.631. The van der Waals surface area contributed by atoms with Crippen LogP contribution in [0, 0.1) is 12.7 Å². The van der Waals surface area contributed by atoms with Crippen LogP contribution in [0.2, 0.25) is 0 Å². The second kappa shape index (κ2) is 5.96. The lowest BCUT2D eigenvalue weighted by Crippen LogP contribution is -2.33. The number of hydrogen-bond donors (Lipinski definition) is 1. The minimum absolute atomic E-state index is 0.00620. The molecule has 2 N–H and O–H groups in total. The van der Waals surface area contributed by atoms with Gasteiger partial charge in [0.2, 0.25) is 0 Å². The molecule has 18 heavy (non-hydrogen) atoms. The maximum Gasteiger partial charge on any atom is 0.322 e. The van der Waals surface area contributed by atoms with Crippen molar-refractivity contribution in [1.82, 2.24) is 0 Å². The third-order valence-corrected chi connectivity index (χ3v) is 3.10. The van der Waals surface area contributed by atoms with E-state index in [4.69, 9.17) is 10.5 Å². The molecule has 0 unspecified atom stereocenters. The van der Waals surface area contributed by atoms with E-state index in [1.54, 1.807) is 13.0 Å². The highest BCUT2D eigenvalue weighted by atomic mass is 19.1. The van der Waals surface area contributed by atoms with Crippen LogP contribution in [-0.2, 0) is 9.53 Å². The van der Waals surface area contributed by atoms with E-state index in [2.05, 4.69) is 0 Å². The predicted octanol–water partition coefficient (Wildman–Crippen LogP) is 2.52. The van der Waals surface area contributed by atoms with Crippen molar-refractivity contribution in [1.29, 1.82) is 0 Å². The molecule has 0 heterocycles. The maximum atomic E-state index is 13.0. The van der Waals surface area contributed by atoms with E-state index in [-0.39, 0.29) is 17.8 Å². The first kappa shape index (κ1) is 14.6. The zero-order valence-electron chi connectivity index (χ0n) is 11.2. The highest BCUT2D eigenvalue weighted by molar-refractivity contribution is 5.75. The van der Waals surface area contributed by atoms with Crippen molar-refractivity contribution < 1.29 is 13.9 Å². The van der Waals surface area contributed by atoms with E-state index in [0.717, 1.165) is 11.1 Å². The average molecular weight is 253 g/mol. The number of carbonyl (C=O) groups excluding carboxylic acids is 1. The van der Waals surface area contributed by atoms with Gasteiger partial charge in [0.05, 0.1) is 0 Å². The third kappa shape index (κ3) is 3.53. The van der Waals surface area contributed by atoms with E-state index in [1.165, 1.54) is 12.1 Å². The minimum Gasteiger partial charge on any atom is -0.461 e. The summed E-state index contributed by atoms with van der Waals surface area (Å²) in [5.74, 6) is -0.689. The molecule has 0 fully saturated rings. The number of rotatable bonds is 4. The fraction of sp³-hybridized carbons (Fsp3) is 0.500. The molecule has 0 saturated carbocycles. The standard InChI is InChI=1S/C14H20FNO2/c1-8-7-12(15)5-6-13(8)9(2)11(4)18-14(17)10(3)16/h5-7,9-11H,16H2,1-4H3/t9-,10+,11+/m1/s1. The van der Waals surface area contributed by atoms with Crippen LogP contribution >= 0.6 is 0 Å². The van der Waals surface area contributed by atoms with Gasteiger partial charge in [0.15, 0.2) is 0 Å². The molecule has 3 atom stereocenters. The Kier molecular flexibility index (Phi) is 4.84. The quantitative estimate of drug-likeness (QED) is 0.839. The van der Waals surface area contributed by atoms with Gasteiger partial charge in [-0.3, -0.25) is 4.79 Å². The third-order valence-electron chi connectivity index (χ3n) is 3.10. The molecule has 100 valence electrons. The van der Waals surface area contributed by atoms with Gasteiger partial charge in [-0.1, -0.05) is 13.0 Å². The molecule has 0 spiro atoms. The van der Waals surface area contributed by atoms with Crippen LogP contribution in [0.4, 0.5) is 4.39 Å². The first-order valence-corrected chi connectivity index (χ1v) is 6.05. The summed E-state index contributed by atoms with van der Waals surface area (Å²) in [6.45, 7) is 7.19. The van der Waals surface area contributed by atoms with Gasteiger partial charge in [0.25, 0.3) is 0 Å². The Balaban J connectivity index is 2.80. The molecular weight excluding hydrogens is 233 g/mol. The van der Waals surface area contributed by atoms with E-state index in [1.807, 2.05) is 20.8 Å². The number of nitrogens with two attached hydrogens (primary N) is 1. The Labute approximate surface area is 107 Å². The van der Waals surface area contributed by atoms with Crippen LogP contribution in [0.1, 0.15) is 37.8 Å². The van der Waals surface area contributed by atoms with E-state index < -0.39 is 12.0 Å². The average Bonchev–Trinajstić information content (AvgIpc) is 2.27. The van der Waals surface area contributed by atoms with Crippen LogP contribution in [0.3, 0.4) is 0 Å². The fourth-order valence-corrected chi connectivity index (χ4v) is 1.80. The lowest BCUT2D eigenvalue weighted by atomic mass is 9.92. The number of benzene rings is 1. The molecule has 0 aliphatic heterocycles. The van der Waals surface area contributed by atoms with Crippen molar-refractivity contribution in [3.05, 3.63) is 35.1 Å². The van der Waals surface area contributed by atoms with Gasteiger partial charge in [0.1, 0.15) is 18.0 Å². The van der Waals surface area contributed by atoms with Crippen LogP contribution in [0.5, 0.6) is 0 Å². The maximum absolute atomic E-state index is 13.0. The number of esters is 1. The van der Waals surface area contributed by atoms with Crippen molar-refractivity contribution >= 4 is 5.97 Å². The molecule has 3 nitrogen and oxygen atoms in total. The Bertz CT molecular complexity index is 432. The van der Waals surface area contributed by atoms with Gasteiger partial charge in [0, 0.05) is 5.92 Å². The largest absolute Gasteiger partial charge is 0.461 e. The molecule has 0 saturated heterocycles. The zero-order valence-corrected chi connectivity index (χ0v) is 11.2. The first-order valence-electron chi connectivity index (χ1n) is 6.05. The highest BCUT2D eigenvalue weighted by Crippen LogP contribution is 2.25. The number of aryl methyl sites for hydroxylation is 1. The molecule has 1 aromatic carbocycles. The van der Waals surface area contributed by atoms with Gasteiger partial charge < -0.3 is 10.5 Å². The lowest BCUT2D eigenvalue weighted by Gasteiger charge is -2.23. The second-order valence-corrected chi connectivity index (χ2v) is 4.72. The van der Waals surface area contributed by atoms with Crippen LogP contribution in [-0.4, -0.2) is 18.1 Å². The van der Waals surface area contributed by atoms with Crippen molar-refractivity contribution in [2.24, 2.45) is 5.73 Å². The molecule has 1 rings (SSSR count). The van der Waals surface area contributed by atoms with Crippen LogP contribution < -0.4 is 5.73 Å². The number of carbonyl (C=O) groups is 1. The number of hydrogen-bond acceptors (Lipinski definition) is 3. The molecule has 0 amide bonds. The normalized spacial score (nSPS) is 15.9. The Morgan fingerprint density at radius 1 is 1.33 bits per heavy atom. The molecule has 0 aliphatic carbocycles. The molecule has 4 heteroatoms. The van der Waals surface area contributed by atoms with Crippen LogP contribution in [0.15, 0.2) is 18.2 Å². The van der Waals surface area contributed by atoms with Crippen LogP contribution in [0.25, 0.3) is 0 Å². The summed E-state index contributed by atoms with van der Waals surface area (Å²) in [5, 5.41) is 0. The summed E-state index contributed by atoms with van der Waals surface area (Å²) >= 11 is 0. The van der Waals surface area contributed by atoms with Gasteiger partial charge in [-0.15, -0.1) is 0 Å². The fourth-order valence-electron chi connectivity index (χ4n) is 1.80. The summed E-state index contributed by atoms with van der Waals surface area (Å²) in [5.41, 5.74) is 7.28. The molecule has 0 aliphatic rings. The van der Waals surface area contributed by atoms with Crippen molar-refractivity contribution in [2.45, 2.75) is 45.8 Å². The smallest absolute Gasteiger partial charge is 0.322 e. The number of ether oxygens (including phenoxy) is 1. The highest BCUT2D eigenvalue weighted by Gasteiger charge is 2.21. The summed E-state index contributed by atoms with van der Waals surface area (Å²) in [4.78, 5) is 11.4. The molecule has 0 radical (unpaired) electrons. The topological polar surface area (TPSA) is 52.3 Å². The molecule has 1 aromatic rings. The Morgan fingerprint density at radius 3 is 2.44 bits per heavy atom. The summed E-state index contributed by atoms with van der Waals surface area (Å²) in [6.07, 6.45) is -0.298. The van der Waals surface area contributed by atoms with Gasteiger partial charge in [-0.2, -0.15) is 0 Å². The Morgan fingerprint density at radius 2 is 1.94 bits per heavy atom. The second-order valence-electron chi connectivity index (χ2n) is 4.72. The molecule has 0 aromatic heterocycles. The Hall–Kier alpha value is -1.42. The van der Waals surface area contributed by atoms with Crippen molar-refractivity contribution in [2.75, 3.05) is 0 Å². The molecule has 0 bridgehead atoms. The van der Waals surface area contributed by atoms with E-state index in [9.17, 15) is 9.18 Å². The summed E-state index contributed by atoms with van der Waals surface area (Å²) in [6, 6.07) is 3.99. The van der Waals surface area contributed by atoms with Gasteiger partial charge in [-0.05, 0) is 44.0 Å². The van der Waals surface area contributed by atoms with Crippen molar-refractivity contribution in [3.63, 3.8) is 0 Å². The van der Waals surface area contributed by atoms with Gasteiger partial charge >= 0.3 is 5.97 Å². The van der Waals surface area contributed by atoms with Gasteiger partial charge in [-0.25, -0.2) is 4.39 Å². The summed E-state index contributed by atoms with van der Waals surface area (Å²) in [7, 11) is 0. The van der Waals surface area contributed by atoms with Crippen molar-refractivity contribution in [3.8, 4) is 0 Å². The predicted molar refractivity (Wildman–Crippen MR) is 68.8 cm³/mol. The first-order chi connectivity index (χ1) is 8.32. The SMILES string of the molecule is Cc1cc(F)ccc1[C@H](C)[C@H](C)OC(=O)[C@H](C)N. The lowest BCUT2D eigenvalue weighted by molar-refractivity contribution is -0.150.